The molecule has 0 aliphatic carbocycles. The first-order valence-electron chi connectivity index (χ1n) is 9.65. The van der Waals surface area contributed by atoms with E-state index in [9.17, 15) is 22.8 Å². The van der Waals surface area contributed by atoms with E-state index in [-0.39, 0.29) is 17.3 Å². The first-order valence-corrected chi connectivity index (χ1v) is 9.65. The van der Waals surface area contributed by atoms with Crippen molar-refractivity contribution in [3.8, 4) is 0 Å². The van der Waals surface area contributed by atoms with Crippen molar-refractivity contribution in [2.75, 3.05) is 16.8 Å². The molecule has 0 saturated carbocycles. The lowest BCUT2D eigenvalue weighted by atomic mass is 10.1. The van der Waals surface area contributed by atoms with Crippen LogP contribution < -0.4 is 15.6 Å². The molecule has 5 nitrogen and oxygen atoms in total. The van der Waals surface area contributed by atoms with Gasteiger partial charge in [0.05, 0.1) is 11.3 Å². The number of pyridine rings is 1. The molecular formula is C22H20F3N3O2. The van der Waals surface area contributed by atoms with Crippen molar-refractivity contribution < 1.29 is 18.0 Å². The average Bonchev–Trinajstić information content (AvgIpc) is 3.14. The van der Waals surface area contributed by atoms with Crippen LogP contribution in [0.4, 0.5) is 24.5 Å². The summed E-state index contributed by atoms with van der Waals surface area (Å²) in [6.07, 6.45) is -1.60. The minimum absolute atomic E-state index is 0.155. The van der Waals surface area contributed by atoms with Gasteiger partial charge in [-0.1, -0.05) is 12.1 Å². The number of aromatic nitrogens is 1. The van der Waals surface area contributed by atoms with Gasteiger partial charge in [0.2, 0.25) is 5.43 Å². The molecule has 1 aliphatic rings. The van der Waals surface area contributed by atoms with Crippen LogP contribution in [-0.2, 0) is 6.18 Å². The summed E-state index contributed by atoms with van der Waals surface area (Å²) in [4.78, 5) is 30.0. The molecule has 1 fully saturated rings. The van der Waals surface area contributed by atoms with E-state index in [1.165, 1.54) is 12.3 Å². The highest BCUT2D eigenvalue weighted by atomic mass is 19.4. The maximum atomic E-state index is 13.7. The number of nitrogens with one attached hydrogen (secondary N) is 2. The van der Waals surface area contributed by atoms with Crippen LogP contribution in [0.25, 0.3) is 10.9 Å². The lowest BCUT2D eigenvalue weighted by Crippen LogP contribution is -2.27. The van der Waals surface area contributed by atoms with Gasteiger partial charge >= 0.3 is 6.18 Å². The second-order valence-electron chi connectivity index (χ2n) is 7.44. The summed E-state index contributed by atoms with van der Waals surface area (Å²) in [6.45, 7) is 2.67. The lowest BCUT2D eigenvalue weighted by Gasteiger charge is -2.25. The number of para-hydroxylation sites is 1. The summed E-state index contributed by atoms with van der Waals surface area (Å²) < 4.78 is 41.1. The first-order chi connectivity index (χ1) is 14.3. The van der Waals surface area contributed by atoms with Crippen LogP contribution in [0.2, 0.25) is 0 Å². The smallest absolute Gasteiger partial charge is 0.369 e. The Hall–Kier alpha value is -3.29. The van der Waals surface area contributed by atoms with Crippen LogP contribution in [-0.4, -0.2) is 23.5 Å². The highest BCUT2D eigenvalue weighted by Crippen LogP contribution is 2.38. The molecule has 0 spiro atoms. The Morgan fingerprint density at radius 2 is 1.97 bits per heavy atom. The molecular weight excluding hydrogens is 395 g/mol. The number of carbonyl (C=O) groups is 1. The zero-order chi connectivity index (χ0) is 21.5. The minimum Gasteiger partial charge on any atom is -0.369 e. The third kappa shape index (κ3) is 3.65. The molecule has 1 saturated heterocycles. The largest absolute Gasteiger partial charge is 0.418 e. The van der Waals surface area contributed by atoms with E-state index >= 15 is 0 Å². The lowest BCUT2D eigenvalue weighted by molar-refractivity contribution is -0.136. The number of hydrogen-bond acceptors (Lipinski definition) is 3. The first kappa shape index (κ1) is 20.0. The van der Waals surface area contributed by atoms with E-state index in [0.29, 0.717) is 23.1 Å². The van der Waals surface area contributed by atoms with Gasteiger partial charge in [0.15, 0.2) is 0 Å². The Bertz CT molecular complexity index is 1170. The van der Waals surface area contributed by atoms with Crippen molar-refractivity contribution in [3.63, 3.8) is 0 Å². The molecule has 1 aromatic heterocycles. The average molecular weight is 415 g/mol. The van der Waals surface area contributed by atoms with Crippen LogP contribution in [0.5, 0.6) is 0 Å². The van der Waals surface area contributed by atoms with Crippen molar-refractivity contribution in [2.45, 2.75) is 32.0 Å². The van der Waals surface area contributed by atoms with Crippen LogP contribution in [0.15, 0.2) is 53.5 Å². The number of H-pyrrole nitrogens is 1. The number of anilines is 2. The number of rotatable bonds is 3. The van der Waals surface area contributed by atoms with Crippen molar-refractivity contribution >= 4 is 28.2 Å². The fourth-order valence-electron chi connectivity index (χ4n) is 3.90. The summed E-state index contributed by atoms with van der Waals surface area (Å²) in [5, 5.41) is 2.56. The summed E-state index contributed by atoms with van der Waals surface area (Å²) in [5.74, 6) is -0.894. The summed E-state index contributed by atoms with van der Waals surface area (Å²) in [6, 6.07) is 10.6. The quantitative estimate of drug-likeness (QED) is 0.647. The topological polar surface area (TPSA) is 65.2 Å². The zero-order valence-electron chi connectivity index (χ0n) is 16.2. The van der Waals surface area contributed by atoms with Crippen LogP contribution in [0, 0.1) is 0 Å². The summed E-state index contributed by atoms with van der Waals surface area (Å²) in [5.41, 5.74) is -1.11. The van der Waals surface area contributed by atoms with Gasteiger partial charge in [-0.25, -0.2) is 0 Å². The third-order valence-corrected chi connectivity index (χ3v) is 5.47. The van der Waals surface area contributed by atoms with Gasteiger partial charge in [0, 0.05) is 35.4 Å². The van der Waals surface area contributed by atoms with Crippen molar-refractivity contribution in [1.29, 1.82) is 0 Å². The number of benzene rings is 2. The van der Waals surface area contributed by atoms with Crippen LogP contribution in [0.3, 0.4) is 0 Å². The number of amides is 1. The van der Waals surface area contributed by atoms with E-state index in [2.05, 4.69) is 10.3 Å². The Kier molecular flexibility index (Phi) is 5.01. The van der Waals surface area contributed by atoms with Gasteiger partial charge in [-0.3, -0.25) is 9.59 Å². The molecule has 30 heavy (non-hydrogen) atoms. The van der Waals surface area contributed by atoms with Crippen LogP contribution in [0.1, 0.15) is 35.7 Å². The summed E-state index contributed by atoms with van der Waals surface area (Å²) >= 11 is 0. The molecule has 2 N–H and O–H groups in total. The number of carbonyl (C=O) groups excluding carboxylic acids is 1. The molecule has 0 bridgehead atoms. The van der Waals surface area contributed by atoms with Crippen molar-refractivity contribution in [2.24, 2.45) is 0 Å². The number of halogens is 3. The van der Waals surface area contributed by atoms with Gasteiger partial charge in [-0.05, 0) is 50.1 Å². The van der Waals surface area contributed by atoms with E-state index in [1.54, 1.807) is 30.3 Å². The second-order valence-corrected chi connectivity index (χ2v) is 7.44. The SMILES string of the molecule is C[C@H]1CCCN1c1ccc(NC(=O)c2c[nH]c3ccccc3c2=O)c(C(F)(F)F)c1. The molecule has 4 rings (SSSR count). The molecule has 1 amide bonds. The normalized spacial score (nSPS) is 16.8. The minimum atomic E-state index is -4.66. The molecule has 2 aromatic carbocycles. The second kappa shape index (κ2) is 7.51. The molecule has 0 unspecified atom stereocenters. The van der Waals surface area contributed by atoms with Crippen molar-refractivity contribution in [3.05, 3.63) is 70.0 Å². The number of nitrogens with zero attached hydrogens (tertiary/aromatic N) is 1. The molecule has 2 heterocycles. The fraction of sp³-hybridized carbons (Fsp3) is 0.273. The predicted molar refractivity (Wildman–Crippen MR) is 110 cm³/mol. The maximum Gasteiger partial charge on any atom is 0.418 e. The molecule has 3 aromatic rings. The number of hydrogen-bond donors (Lipinski definition) is 2. The van der Waals surface area contributed by atoms with Gasteiger partial charge in [-0.2, -0.15) is 13.2 Å². The maximum absolute atomic E-state index is 13.7. The zero-order valence-corrected chi connectivity index (χ0v) is 16.2. The van der Waals surface area contributed by atoms with E-state index in [0.717, 1.165) is 18.9 Å². The van der Waals surface area contributed by atoms with E-state index in [4.69, 9.17) is 0 Å². The fourth-order valence-corrected chi connectivity index (χ4v) is 3.90. The van der Waals surface area contributed by atoms with Crippen LogP contribution >= 0.6 is 0 Å². The standard InChI is InChI=1S/C22H20F3N3O2/c1-13-5-4-10-28(13)14-8-9-19(17(11-14)22(23,24)25)27-21(30)16-12-26-18-7-3-2-6-15(18)20(16)29/h2-3,6-9,11-13H,4-5,10H2,1H3,(H,26,29)(H,27,30)/t13-/m0/s1. The van der Waals surface area contributed by atoms with Gasteiger partial charge < -0.3 is 15.2 Å². The summed E-state index contributed by atoms with van der Waals surface area (Å²) in [7, 11) is 0. The predicted octanol–water partition coefficient (Wildman–Crippen LogP) is 4.79. The Morgan fingerprint density at radius 3 is 2.67 bits per heavy atom. The number of fused-ring (bicyclic) bond motifs is 1. The van der Waals surface area contributed by atoms with Gasteiger partial charge in [-0.15, -0.1) is 0 Å². The van der Waals surface area contributed by atoms with Crippen molar-refractivity contribution in [1.82, 2.24) is 4.98 Å². The Morgan fingerprint density at radius 1 is 1.20 bits per heavy atom. The Balaban J connectivity index is 1.69. The monoisotopic (exact) mass is 415 g/mol. The molecule has 8 heteroatoms. The molecule has 1 aliphatic heterocycles. The highest BCUT2D eigenvalue weighted by Gasteiger charge is 2.35. The molecule has 156 valence electrons. The molecule has 1 atom stereocenters. The van der Waals surface area contributed by atoms with Gasteiger partial charge in [0.25, 0.3) is 5.91 Å². The number of aromatic amines is 1. The number of alkyl halides is 3. The van der Waals surface area contributed by atoms with Gasteiger partial charge in [0.1, 0.15) is 5.56 Å². The van der Waals surface area contributed by atoms with E-state index in [1.807, 2.05) is 11.8 Å². The Labute approximate surface area is 170 Å². The molecule has 0 radical (unpaired) electrons. The highest BCUT2D eigenvalue weighted by molar-refractivity contribution is 6.06. The third-order valence-electron chi connectivity index (χ3n) is 5.47. The van der Waals surface area contributed by atoms with E-state index < -0.39 is 23.1 Å².